The van der Waals surface area contributed by atoms with Gasteiger partial charge in [0.15, 0.2) is 5.60 Å². The number of hydrogen-bond acceptors (Lipinski definition) is 14. The van der Waals surface area contributed by atoms with Crippen LogP contribution in [0.5, 0.6) is 0 Å². The van der Waals surface area contributed by atoms with Crippen molar-refractivity contribution in [2.75, 3.05) is 32.9 Å². The third-order valence-electron chi connectivity index (χ3n) is 15.0. The number of hydrogen-bond donors (Lipinski definition) is 7. The molecule has 2 aliphatic carbocycles. The number of carbonyl (C=O) groups excluding carboxylic acids is 9. The summed E-state index contributed by atoms with van der Waals surface area (Å²) in [6.07, 6.45) is 4.48. The van der Waals surface area contributed by atoms with Crippen molar-refractivity contribution in [2.24, 2.45) is 5.92 Å². The number of carbonyl (C=O) groups is 9. The van der Waals surface area contributed by atoms with Gasteiger partial charge in [-0.2, -0.15) is 0 Å². The maximum Gasteiger partial charge on any atom is 0.343 e. The first-order chi connectivity index (χ1) is 36.9. The lowest BCUT2D eigenvalue weighted by molar-refractivity contribution is -0.172. The van der Waals surface area contributed by atoms with E-state index in [0.717, 1.165) is 10.5 Å². The van der Waals surface area contributed by atoms with E-state index in [1.165, 1.54) is 22.8 Å². The predicted molar refractivity (Wildman–Crippen MR) is 270 cm³/mol. The molecule has 3 aliphatic heterocycles. The van der Waals surface area contributed by atoms with Crippen molar-refractivity contribution in [3.8, 4) is 11.4 Å². The molecule has 404 valence electrons. The Hall–Kier alpha value is -8.18. The van der Waals surface area contributed by atoms with E-state index in [1.807, 2.05) is 0 Å². The van der Waals surface area contributed by atoms with Crippen LogP contribution in [0.3, 0.4) is 0 Å². The van der Waals surface area contributed by atoms with E-state index in [2.05, 4.69) is 31.9 Å². The number of rotatable bonds is 21. The minimum Gasteiger partial charge on any atom is -0.458 e. The summed E-state index contributed by atoms with van der Waals surface area (Å²) < 4.78 is 28.1. The molecule has 23 heteroatoms. The number of fused-ring (bicyclic) bond motifs is 5. The van der Waals surface area contributed by atoms with E-state index < -0.39 is 108 Å². The van der Waals surface area contributed by atoms with Crippen LogP contribution in [0.25, 0.3) is 22.3 Å². The van der Waals surface area contributed by atoms with Gasteiger partial charge in [0.2, 0.25) is 35.4 Å². The number of ether oxygens (including phenoxy) is 2. The lowest BCUT2D eigenvalue weighted by Crippen LogP contribution is -2.52. The molecule has 5 heterocycles. The summed E-state index contributed by atoms with van der Waals surface area (Å²) in [5, 5.41) is 27.8. The summed E-state index contributed by atoms with van der Waals surface area (Å²) in [4.78, 5) is 134. The van der Waals surface area contributed by atoms with Crippen molar-refractivity contribution >= 4 is 64.1 Å². The SMILES string of the molecule is CC[C@@]1(O)C(=O)OCc2c1cc1n(c2=O)Cc2c-1nc1cc(F)c(C)c3c1c2[C@@H](NC(=O)[C@H]1CCC1OCNC(=O)CNC(=O)[C@H](Cc1ccccc1)NC(=O)CNC(=O)CNC(=O)CCCCN1C(=O)C=CC1=O)CC3. The van der Waals surface area contributed by atoms with E-state index in [-0.39, 0.29) is 62.7 Å². The molecule has 0 radical (unpaired) electrons. The van der Waals surface area contributed by atoms with Crippen LogP contribution < -0.4 is 37.5 Å². The predicted octanol–water partition coefficient (Wildman–Crippen LogP) is 0.671. The van der Waals surface area contributed by atoms with Crippen molar-refractivity contribution in [3.05, 3.63) is 110 Å². The normalized spacial score (nSPS) is 20.0. The number of aromatic nitrogens is 2. The molecule has 0 saturated heterocycles. The average Bonchev–Trinajstić information content (AvgIpc) is 4.18. The first-order valence-corrected chi connectivity index (χ1v) is 25.6. The first-order valence-electron chi connectivity index (χ1n) is 25.6. The highest BCUT2D eigenvalue weighted by atomic mass is 19.1. The summed E-state index contributed by atoms with van der Waals surface area (Å²) >= 11 is 0. The molecule has 8 amide bonds. The highest BCUT2D eigenvalue weighted by Gasteiger charge is 2.46. The molecular formula is C54H58FN9O13. The van der Waals surface area contributed by atoms with E-state index in [9.17, 15) is 53.1 Å². The van der Waals surface area contributed by atoms with Crippen LogP contribution in [0.15, 0.2) is 59.4 Å². The number of aliphatic hydroxyl groups is 1. The zero-order valence-corrected chi connectivity index (χ0v) is 42.4. The Morgan fingerprint density at radius 2 is 1.58 bits per heavy atom. The van der Waals surface area contributed by atoms with E-state index in [4.69, 9.17) is 14.5 Å². The summed E-state index contributed by atoms with van der Waals surface area (Å²) in [6, 6.07) is 10.0. The Morgan fingerprint density at radius 3 is 2.31 bits per heavy atom. The molecule has 0 spiro atoms. The summed E-state index contributed by atoms with van der Waals surface area (Å²) in [6.45, 7) is 1.54. The number of benzene rings is 2. The van der Waals surface area contributed by atoms with Gasteiger partial charge in [-0.05, 0) is 80.2 Å². The highest BCUT2D eigenvalue weighted by Crippen LogP contribution is 2.46. The Bertz CT molecular complexity index is 3200. The van der Waals surface area contributed by atoms with E-state index in [1.54, 1.807) is 50.2 Å². The molecular weight excluding hydrogens is 1000 g/mol. The fourth-order valence-electron chi connectivity index (χ4n) is 10.5. The van der Waals surface area contributed by atoms with Gasteiger partial charge >= 0.3 is 5.97 Å². The second-order valence-corrected chi connectivity index (χ2v) is 19.7. The van der Waals surface area contributed by atoms with Gasteiger partial charge in [-0.1, -0.05) is 37.3 Å². The quantitative estimate of drug-likeness (QED) is 0.0230. The summed E-state index contributed by atoms with van der Waals surface area (Å²) in [7, 11) is 0. The first kappa shape index (κ1) is 53.6. The molecule has 2 aromatic carbocycles. The number of nitrogens with one attached hydrogen (secondary N) is 6. The monoisotopic (exact) mass is 1060 g/mol. The van der Waals surface area contributed by atoms with Crippen LogP contribution in [-0.2, 0) is 84.2 Å². The fourth-order valence-corrected chi connectivity index (χ4v) is 10.5. The van der Waals surface area contributed by atoms with Crippen molar-refractivity contribution in [3.63, 3.8) is 0 Å². The average molecular weight is 1060 g/mol. The molecule has 0 bridgehead atoms. The van der Waals surface area contributed by atoms with Crippen molar-refractivity contribution in [2.45, 2.75) is 109 Å². The molecule has 7 N–H and O–H groups in total. The van der Waals surface area contributed by atoms with Gasteiger partial charge < -0.3 is 51.0 Å². The third-order valence-corrected chi connectivity index (χ3v) is 15.0. The molecule has 5 aliphatic rings. The van der Waals surface area contributed by atoms with Crippen LogP contribution >= 0.6 is 0 Å². The number of cyclic esters (lactones) is 1. The molecule has 1 unspecified atom stereocenters. The Kier molecular flexibility index (Phi) is 15.7. The molecule has 1 saturated carbocycles. The number of unbranched alkanes of at least 4 members (excludes halogenated alkanes) is 1. The van der Waals surface area contributed by atoms with E-state index in [0.29, 0.717) is 83.1 Å². The lowest BCUT2D eigenvalue weighted by atomic mass is 9.79. The van der Waals surface area contributed by atoms with Gasteiger partial charge in [0.25, 0.3) is 17.4 Å². The number of pyridine rings is 2. The van der Waals surface area contributed by atoms with Crippen LogP contribution in [0.4, 0.5) is 4.39 Å². The number of halogens is 1. The Balaban J connectivity index is 0.760. The van der Waals surface area contributed by atoms with Crippen LogP contribution in [-0.4, -0.2) is 118 Å². The van der Waals surface area contributed by atoms with Gasteiger partial charge in [0.1, 0.15) is 25.2 Å². The largest absolute Gasteiger partial charge is 0.458 e. The summed E-state index contributed by atoms with van der Waals surface area (Å²) in [5.74, 6) is -6.13. The number of aryl methyl sites for hydroxylation is 1. The lowest BCUT2D eigenvalue weighted by Gasteiger charge is -2.37. The van der Waals surface area contributed by atoms with E-state index >= 15 is 4.39 Å². The molecule has 1 fully saturated rings. The number of amides is 8. The molecule has 5 atom stereocenters. The van der Waals surface area contributed by atoms with Crippen LogP contribution in [0, 0.1) is 18.7 Å². The van der Waals surface area contributed by atoms with Gasteiger partial charge in [0.05, 0.1) is 66.7 Å². The highest BCUT2D eigenvalue weighted by molar-refractivity contribution is 6.12. The van der Waals surface area contributed by atoms with Gasteiger partial charge in [-0.15, -0.1) is 0 Å². The van der Waals surface area contributed by atoms with Gasteiger partial charge in [-0.3, -0.25) is 48.1 Å². The van der Waals surface area contributed by atoms with Crippen LogP contribution in [0.1, 0.15) is 96.9 Å². The van der Waals surface area contributed by atoms with Crippen molar-refractivity contribution in [1.82, 2.24) is 46.4 Å². The number of nitrogens with zero attached hydrogens (tertiary/aromatic N) is 3. The number of imide groups is 1. The fraction of sp³-hybridized carbons (Fsp3) is 0.426. The second-order valence-electron chi connectivity index (χ2n) is 19.7. The maximum atomic E-state index is 15.5. The smallest absolute Gasteiger partial charge is 0.343 e. The van der Waals surface area contributed by atoms with Gasteiger partial charge in [0, 0.05) is 54.1 Å². The van der Waals surface area contributed by atoms with Crippen LogP contribution in [0.2, 0.25) is 0 Å². The van der Waals surface area contributed by atoms with Crippen molar-refractivity contribution in [1.29, 1.82) is 0 Å². The molecule has 4 aromatic rings. The molecule has 77 heavy (non-hydrogen) atoms. The summed E-state index contributed by atoms with van der Waals surface area (Å²) in [5.41, 5.74) is 2.17. The number of esters is 1. The maximum absolute atomic E-state index is 15.5. The molecule has 22 nitrogen and oxygen atoms in total. The Morgan fingerprint density at radius 1 is 0.870 bits per heavy atom. The van der Waals surface area contributed by atoms with Gasteiger partial charge in [-0.25, -0.2) is 14.2 Å². The zero-order chi connectivity index (χ0) is 54.7. The minimum atomic E-state index is -2.04. The molecule has 9 rings (SSSR count). The van der Waals surface area contributed by atoms with Crippen molar-refractivity contribution < 1.29 is 62.1 Å². The topological polar surface area (TPSA) is 303 Å². The Labute approximate surface area is 439 Å². The second kappa shape index (κ2) is 22.6. The standard InChI is InChI=1S/C54H58FN9O13/c1-3-54(75)34-20-39-49-32(25-64(39)52(73)33(34)26-76-53(54)74)48-36(14-12-30-28(2)35(55)21-37(61-49)47(30)48)62-50(71)31-13-15-40(31)77-27-59-43(67)23-58-51(72)38(19-29-9-5-4-6-10-29)60-44(68)24-57-42(66)22-56-41(65)11-7-8-18-63-45(69)16-17-46(63)70/h4-6,9-10,16-17,20-21,31,36,38,40,75H,3,7-8,11-15,18-19,22-27H2,1-2H3,(H,56,65)(H,57,66)(H,58,72)(H,59,67)(H,60,68)(H,62,71)/t31-,36-,38-,40?,54-/m0/s1. The zero-order valence-electron chi connectivity index (χ0n) is 42.4. The molecule has 2 aromatic heterocycles. The minimum absolute atomic E-state index is 0.0395. The third kappa shape index (κ3) is 11.1.